The molecule has 1 aromatic carbocycles. The van der Waals surface area contributed by atoms with E-state index in [0.717, 1.165) is 12.0 Å². The Morgan fingerprint density at radius 1 is 1.12 bits per heavy atom. The highest BCUT2D eigenvalue weighted by Gasteiger charge is 2.52. The minimum Gasteiger partial charge on any atom is -0.303 e. The van der Waals surface area contributed by atoms with Crippen molar-refractivity contribution in [3.8, 4) is 11.1 Å². The highest BCUT2D eigenvalue weighted by molar-refractivity contribution is 5.65. The van der Waals surface area contributed by atoms with E-state index in [9.17, 15) is 0 Å². The van der Waals surface area contributed by atoms with Crippen LogP contribution in [-0.2, 0) is 11.8 Å². The SMILES string of the molecule is CN1CCC23CCCC[C@@H]2[C@H]1Cc1ccc(-c2cccnc2)cc13. The molecule has 1 saturated heterocycles. The van der Waals surface area contributed by atoms with Crippen LogP contribution in [0.15, 0.2) is 42.7 Å². The van der Waals surface area contributed by atoms with Crippen molar-refractivity contribution in [3.05, 3.63) is 53.9 Å². The van der Waals surface area contributed by atoms with Crippen LogP contribution in [0.4, 0.5) is 0 Å². The first kappa shape index (κ1) is 14.7. The van der Waals surface area contributed by atoms with Gasteiger partial charge in [-0.25, -0.2) is 0 Å². The van der Waals surface area contributed by atoms with Gasteiger partial charge in [0.2, 0.25) is 0 Å². The molecule has 2 aliphatic carbocycles. The van der Waals surface area contributed by atoms with Crippen LogP contribution in [0.3, 0.4) is 0 Å². The Morgan fingerprint density at radius 3 is 2.96 bits per heavy atom. The van der Waals surface area contributed by atoms with Gasteiger partial charge in [0.15, 0.2) is 0 Å². The maximum Gasteiger partial charge on any atom is 0.0346 e. The average molecular weight is 318 g/mol. The Labute approximate surface area is 144 Å². The van der Waals surface area contributed by atoms with Crippen molar-refractivity contribution in [2.45, 2.75) is 50.0 Å². The van der Waals surface area contributed by atoms with Gasteiger partial charge in [-0.15, -0.1) is 0 Å². The summed E-state index contributed by atoms with van der Waals surface area (Å²) >= 11 is 0. The van der Waals surface area contributed by atoms with E-state index >= 15 is 0 Å². The summed E-state index contributed by atoms with van der Waals surface area (Å²) in [7, 11) is 2.35. The highest BCUT2D eigenvalue weighted by atomic mass is 15.1. The molecule has 0 N–H and O–H groups in total. The molecule has 2 aromatic rings. The van der Waals surface area contributed by atoms with Crippen molar-refractivity contribution in [2.24, 2.45) is 5.92 Å². The fraction of sp³-hybridized carbons (Fsp3) is 0.500. The third-order valence-corrected chi connectivity index (χ3v) is 7.11. The van der Waals surface area contributed by atoms with E-state index in [1.807, 2.05) is 18.5 Å². The number of hydrogen-bond donors (Lipinski definition) is 0. The summed E-state index contributed by atoms with van der Waals surface area (Å²) in [6.07, 6.45) is 12.1. The molecule has 2 heterocycles. The Hall–Kier alpha value is -1.67. The molecule has 2 heteroatoms. The van der Waals surface area contributed by atoms with Gasteiger partial charge in [0.05, 0.1) is 0 Å². The summed E-state index contributed by atoms with van der Waals surface area (Å²) in [5.41, 5.74) is 6.33. The summed E-state index contributed by atoms with van der Waals surface area (Å²) < 4.78 is 0. The molecule has 2 fully saturated rings. The lowest BCUT2D eigenvalue weighted by Crippen LogP contribution is -2.59. The number of rotatable bonds is 1. The van der Waals surface area contributed by atoms with Crippen LogP contribution in [-0.4, -0.2) is 29.5 Å². The number of nitrogens with zero attached hydrogens (tertiary/aromatic N) is 2. The molecule has 1 saturated carbocycles. The van der Waals surface area contributed by atoms with E-state index in [0.29, 0.717) is 5.41 Å². The number of aromatic nitrogens is 1. The third kappa shape index (κ3) is 2.02. The van der Waals surface area contributed by atoms with Crippen molar-refractivity contribution in [2.75, 3.05) is 13.6 Å². The summed E-state index contributed by atoms with van der Waals surface area (Å²) in [6, 6.07) is 12.2. The second kappa shape index (κ2) is 5.42. The van der Waals surface area contributed by atoms with Crippen LogP contribution < -0.4 is 0 Å². The molecule has 3 atom stereocenters. The normalized spacial score (nSPS) is 32.0. The number of benzene rings is 1. The van der Waals surface area contributed by atoms with E-state index in [1.165, 1.54) is 56.2 Å². The minimum atomic E-state index is 0.446. The van der Waals surface area contributed by atoms with E-state index in [-0.39, 0.29) is 0 Å². The van der Waals surface area contributed by atoms with Crippen molar-refractivity contribution in [1.29, 1.82) is 0 Å². The van der Waals surface area contributed by atoms with Crippen LogP contribution in [0.1, 0.15) is 43.2 Å². The van der Waals surface area contributed by atoms with E-state index < -0.39 is 0 Å². The highest BCUT2D eigenvalue weighted by Crippen LogP contribution is 2.55. The Balaban J connectivity index is 1.66. The molecular formula is C22H26N2. The summed E-state index contributed by atoms with van der Waals surface area (Å²) in [4.78, 5) is 6.96. The van der Waals surface area contributed by atoms with E-state index in [2.05, 4.69) is 41.2 Å². The van der Waals surface area contributed by atoms with E-state index in [1.54, 1.807) is 11.1 Å². The molecule has 24 heavy (non-hydrogen) atoms. The average Bonchev–Trinajstić information content (AvgIpc) is 2.65. The van der Waals surface area contributed by atoms with Gasteiger partial charge in [0.25, 0.3) is 0 Å². The minimum absolute atomic E-state index is 0.446. The topological polar surface area (TPSA) is 16.1 Å². The molecule has 124 valence electrons. The second-order valence-electron chi connectivity index (χ2n) is 8.12. The number of likely N-dealkylation sites (N-methyl/N-ethyl adjacent to an activating group) is 1. The third-order valence-electron chi connectivity index (χ3n) is 7.11. The Morgan fingerprint density at radius 2 is 2.08 bits per heavy atom. The van der Waals surface area contributed by atoms with Gasteiger partial charge in [-0.1, -0.05) is 37.1 Å². The lowest BCUT2D eigenvalue weighted by atomic mass is 9.52. The fourth-order valence-electron chi connectivity index (χ4n) is 5.91. The van der Waals surface area contributed by atoms with Crippen LogP contribution >= 0.6 is 0 Å². The quantitative estimate of drug-likeness (QED) is 0.773. The predicted molar refractivity (Wildman–Crippen MR) is 98.0 cm³/mol. The Kier molecular flexibility index (Phi) is 3.31. The molecule has 0 amide bonds. The molecule has 1 aliphatic heterocycles. The number of likely N-dealkylation sites (tertiary alicyclic amines) is 1. The molecule has 0 spiro atoms. The first-order chi connectivity index (χ1) is 11.8. The lowest BCUT2D eigenvalue weighted by molar-refractivity contribution is 0.00290. The van der Waals surface area contributed by atoms with Crippen LogP contribution in [0.25, 0.3) is 11.1 Å². The first-order valence-electron chi connectivity index (χ1n) is 9.52. The summed E-state index contributed by atoms with van der Waals surface area (Å²) in [5.74, 6) is 0.863. The molecule has 3 aliphatic rings. The molecule has 1 aromatic heterocycles. The number of hydrogen-bond acceptors (Lipinski definition) is 2. The van der Waals surface area contributed by atoms with Gasteiger partial charge in [-0.2, -0.15) is 0 Å². The number of piperidine rings is 1. The number of pyridine rings is 1. The monoisotopic (exact) mass is 318 g/mol. The first-order valence-corrected chi connectivity index (χ1v) is 9.52. The van der Waals surface area contributed by atoms with Gasteiger partial charge < -0.3 is 4.90 Å². The fourth-order valence-corrected chi connectivity index (χ4v) is 5.91. The number of fused-ring (bicyclic) bond motifs is 1. The molecule has 2 bridgehead atoms. The standard InChI is InChI=1S/C22H26N2/c1-24-12-10-22-9-3-2-6-19(22)21(24)14-17-8-7-16(13-20(17)22)18-5-4-11-23-15-18/h4-5,7-8,11,13,15,19,21H,2-3,6,9-10,12,14H2,1H3/t19-,21-,22?/m1/s1. The van der Waals surface area contributed by atoms with Crippen LogP contribution in [0.5, 0.6) is 0 Å². The molecule has 5 rings (SSSR count). The zero-order valence-electron chi connectivity index (χ0n) is 14.5. The van der Waals surface area contributed by atoms with Crippen LogP contribution in [0, 0.1) is 5.92 Å². The van der Waals surface area contributed by atoms with Gasteiger partial charge >= 0.3 is 0 Å². The molecule has 2 nitrogen and oxygen atoms in total. The van der Waals surface area contributed by atoms with Gasteiger partial charge in [-0.3, -0.25) is 4.98 Å². The second-order valence-corrected chi connectivity index (χ2v) is 8.12. The van der Waals surface area contributed by atoms with Crippen LogP contribution in [0.2, 0.25) is 0 Å². The summed E-state index contributed by atoms with van der Waals surface area (Å²) in [6.45, 7) is 1.26. The maximum atomic E-state index is 4.32. The van der Waals surface area contributed by atoms with Gasteiger partial charge in [-0.05, 0) is 73.5 Å². The zero-order chi connectivity index (χ0) is 16.1. The molecule has 0 radical (unpaired) electrons. The maximum absolute atomic E-state index is 4.32. The molecular weight excluding hydrogens is 292 g/mol. The largest absolute Gasteiger partial charge is 0.303 e. The zero-order valence-corrected chi connectivity index (χ0v) is 14.5. The summed E-state index contributed by atoms with van der Waals surface area (Å²) in [5, 5.41) is 0. The smallest absolute Gasteiger partial charge is 0.0346 e. The van der Waals surface area contributed by atoms with Gasteiger partial charge in [0, 0.05) is 23.9 Å². The molecule has 1 unspecified atom stereocenters. The van der Waals surface area contributed by atoms with Gasteiger partial charge in [0.1, 0.15) is 0 Å². The predicted octanol–water partition coefficient (Wildman–Crippen LogP) is 4.44. The van der Waals surface area contributed by atoms with Crippen molar-refractivity contribution >= 4 is 0 Å². The van der Waals surface area contributed by atoms with Crippen molar-refractivity contribution in [1.82, 2.24) is 9.88 Å². The van der Waals surface area contributed by atoms with E-state index in [4.69, 9.17) is 0 Å². The Bertz CT molecular complexity index is 754. The van der Waals surface area contributed by atoms with Crippen molar-refractivity contribution < 1.29 is 0 Å². The van der Waals surface area contributed by atoms with Crippen molar-refractivity contribution in [3.63, 3.8) is 0 Å². The lowest BCUT2D eigenvalue weighted by Gasteiger charge is -2.58.